The van der Waals surface area contributed by atoms with Crippen molar-refractivity contribution in [1.82, 2.24) is 0 Å². The van der Waals surface area contributed by atoms with Gasteiger partial charge in [0.2, 0.25) is 0 Å². The number of aliphatic hydroxyl groups excluding tert-OH is 1. The van der Waals surface area contributed by atoms with E-state index < -0.39 is 97.5 Å². The van der Waals surface area contributed by atoms with Crippen molar-refractivity contribution in [3.05, 3.63) is 0 Å². The lowest BCUT2D eigenvalue weighted by atomic mass is 9.99. The van der Waals surface area contributed by atoms with Gasteiger partial charge in [-0.05, 0) is 43.4 Å². The highest BCUT2D eigenvalue weighted by atomic mass is 31.2. The number of hydrogen-bond acceptors (Lipinski definition) is 15. The van der Waals surface area contributed by atoms with Crippen molar-refractivity contribution in [3.8, 4) is 0 Å². The van der Waals surface area contributed by atoms with Crippen molar-refractivity contribution in [1.29, 1.82) is 0 Å². The minimum Gasteiger partial charge on any atom is -0.462 e. The molecule has 0 aliphatic rings. The molecule has 0 bridgehead atoms. The molecule has 4 unspecified atom stereocenters. The number of unbranched alkanes of at least 4 members (excludes halogenated alkanes) is 33. The summed E-state index contributed by atoms with van der Waals surface area (Å²) in [5.74, 6) is 0.165. The summed E-state index contributed by atoms with van der Waals surface area (Å²) in [6.07, 6.45) is 42.9. The van der Waals surface area contributed by atoms with Crippen LogP contribution in [0.1, 0.15) is 344 Å². The van der Waals surface area contributed by atoms with Gasteiger partial charge in [0.15, 0.2) is 12.2 Å². The number of phosphoric ester groups is 2. The summed E-state index contributed by atoms with van der Waals surface area (Å²) in [5, 5.41) is 10.6. The van der Waals surface area contributed by atoms with E-state index in [1.54, 1.807) is 0 Å². The van der Waals surface area contributed by atoms with Crippen molar-refractivity contribution in [3.63, 3.8) is 0 Å². The number of carbonyl (C=O) groups excluding carboxylic acids is 4. The maximum Gasteiger partial charge on any atom is 0.472 e. The summed E-state index contributed by atoms with van der Waals surface area (Å²) in [5.41, 5.74) is 0. The molecule has 3 N–H and O–H groups in total. The van der Waals surface area contributed by atoms with Gasteiger partial charge in [0.05, 0.1) is 26.4 Å². The van der Waals surface area contributed by atoms with E-state index in [-0.39, 0.29) is 25.7 Å². The second-order valence-corrected chi connectivity index (χ2v) is 28.8. The average molecular weight is 1300 g/mol. The number of phosphoric acid groups is 2. The van der Waals surface area contributed by atoms with Gasteiger partial charge in [0, 0.05) is 25.7 Å². The van der Waals surface area contributed by atoms with Crippen molar-refractivity contribution < 1.29 is 80.2 Å². The molecule has 0 aliphatic carbocycles. The Morgan fingerprint density at radius 3 is 0.864 bits per heavy atom. The van der Waals surface area contributed by atoms with Crippen LogP contribution in [0, 0.1) is 17.8 Å². The third-order valence-corrected chi connectivity index (χ3v) is 18.5. The number of aliphatic hydroxyl groups is 1. The third-order valence-electron chi connectivity index (χ3n) is 16.6. The van der Waals surface area contributed by atoms with E-state index in [2.05, 4.69) is 48.5 Å². The Hall–Kier alpha value is -1.94. The van der Waals surface area contributed by atoms with Crippen molar-refractivity contribution in [2.75, 3.05) is 39.6 Å². The number of rotatable bonds is 67. The van der Waals surface area contributed by atoms with Gasteiger partial charge in [-0.1, -0.05) is 292 Å². The highest BCUT2D eigenvalue weighted by molar-refractivity contribution is 7.47. The maximum atomic E-state index is 13.0. The van der Waals surface area contributed by atoms with E-state index in [9.17, 15) is 43.2 Å². The van der Waals surface area contributed by atoms with Crippen LogP contribution in [0.2, 0.25) is 0 Å². The van der Waals surface area contributed by atoms with Crippen LogP contribution in [-0.4, -0.2) is 96.7 Å². The SMILES string of the molecule is CCCCCCCCCCCCCC(=O)O[C@H](COC(=O)CCCCCCCCC(C)CC)COP(=O)(O)OC[C@H](O)COP(=O)(O)OC[C@@H](COC(=O)CCCCCCCCCCCCC(C)C)OC(=O)CCCCCCCCCCCCC(C)CC. The van der Waals surface area contributed by atoms with Gasteiger partial charge < -0.3 is 33.8 Å². The number of hydrogen-bond donors (Lipinski definition) is 3. The highest BCUT2D eigenvalue weighted by Gasteiger charge is 2.30. The van der Waals surface area contributed by atoms with Crippen molar-refractivity contribution in [2.24, 2.45) is 17.8 Å². The largest absolute Gasteiger partial charge is 0.472 e. The van der Waals surface area contributed by atoms with Crippen molar-refractivity contribution >= 4 is 39.5 Å². The quantitative estimate of drug-likeness (QED) is 0.0222. The summed E-state index contributed by atoms with van der Waals surface area (Å²) in [7, 11) is -9.90. The average Bonchev–Trinajstić information content (AvgIpc) is 3.52. The monoisotopic (exact) mass is 1300 g/mol. The number of carbonyl (C=O) groups is 4. The van der Waals surface area contributed by atoms with Gasteiger partial charge in [-0.25, -0.2) is 9.13 Å². The molecular formula is C69H134O17P2. The lowest BCUT2D eigenvalue weighted by molar-refractivity contribution is -0.161. The molecule has 17 nitrogen and oxygen atoms in total. The fourth-order valence-electron chi connectivity index (χ4n) is 10.3. The number of ether oxygens (including phenoxy) is 4. The Bertz CT molecular complexity index is 1740. The van der Waals surface area contributed by atoms with E-state index in [1.165, 1.54) is 148 Å². The van der Waals surface area contributed by atoms with Crippen LogP contribution >= 0.6 is 15.6 Å². The van der Waals surface area contributed by atoms with Gasteiger partial charge in [0.25, 0.3) is 0 Å². The molecule has 0 aromatic heterocycles. The zero-order chi connectivity index (χ0) is 65.2. The topological polar surface area (TPSA) is 237 Å². The molecule has 0 heterocycles. The first-order chi connectivity index (χ1) is 42.3. The summed E-state index contributed by atoms with van der Waals surface area (Å²) in [4.78, 5) is 72.5. The Morgan fingerprint density at radius 2 is 0.580 bits per heavy atom. The molecule has 0 aromatic carbocycles. The van der Waals surface area contributed by atoms with Crippen LogP contribution in [0.3, 0.4) is 0 Å². The summed E-state index contributed by atoms with van der Waals surface area (Å²) >= 11 is 0. The van der Waals surface area contributed by atoms with Crippen LogP contribution in [-0.2, 0) is 65.4 Å². The van der Waals surface area contributed by atoms with E-state index in [0.717, 1.165) is 114 Å². The Balaban J connectivity index is 5.27. The Labute approximate surface area is 537 Å². The van der Waals surface area contributed by atoms with Crippen LogP contribution in [0.25, 0.3) is 0 Å². The Kier molecular flexibility index (Phi) is 58.7. The van der Waals surface area contributed by atoms with Gasteiger partial charge in [0.1, 0.15) is 19.3 Å². The van der Waals surface area contributed by atoms with Crippen LogP contribution in [0.15, 0.2) is 0 Å². The van der Waals surface area contributed by atoms with Crippen LogP contribution in [0.4, 0.5) is 0 Å². The first kappa shape index (κ1) is 86.1. The molecule has 522 valence electrons. The van der Waals surface area contributed by atoms with Gasteiger partial charge in [-0.3, -0.25) is 37.3 Å². The molecule has 0 aromatic rings. The van der Waals surface area contributed by atoms with Gasteiger partial charge in [-0.2, -0.15) is 0 Å². The molecule has 0 saturated heterocycles. The molecule has 0 aliphatic heterocycles. The van der Waals surface area contributed by atoms with Crippen molar-refractivity contribution in [2.45, 2.75) is 362 Å². The second-order valence-electron chi connectivity index (χ2n) is 25.9. The summed E-state index contributed by atoms with van der Waals surface area (Å²) in [6.45, 7) is 11.8. The fraction of sp³-hybridized carbons (Fsp3) is 0.942. The van der Waals surface area contributed by atoms with Gasteiger partial charge >= 0.3 is 39.5 Å². The predicted octanol–water partition coefficient (Wildman–Crippen LogP) is 19.5. The molecule has 7 atom stereocenters. The fourth-order valence-corrected chi connectivity index (χ4v) is 11.9. The molecule has 0 rings (SSSR count). The highest BCUT2D eigenvalue weighted by Crippen LogP contribution is 2.45. The zero-order valence-corrected chi connectivity index (χ0v) is 59.0. The normalized spacial score (nSPS) is 14.9. The van der Waals surface area contributed by atoms with E-state index in [1.807, 2.05) is 0 Å². The van der Waals surface area contributed by atoms with E-state index >= 15 is 0 Å². The lowest BCUT2D eigenvalue weighted by Gasteiger charge is -2.21. The van der Waals surface area contributed by atoms with E-state index in [4.69, 9.17) is 37.0 Å². The zero-order valence-electron chi connectivity index (χ0n) is 57.2. The molecule has 0 spiro atoms. The van der Waals surface area contributed by atoms with Gasteiger partial charge in [-0.15, -0.1) is 0 Å². The molecule has 88 heavy (non-hydrogen) atoms. The summed E-state index contributed by atoms with van der Waals surface area (Å²) in [6, 6.07) is 0. The lowest BCUT2D eigenvalue weighted by Crippen LogP contribution is -2.30. The molecule has 0 fully saturated rings. The molecular weight excluding hydrogens is 1160 g/mol. The first-order valence-corrected chi connectivity index (χ1v) is 38.9. The van der Waals surface area contributed by atoms with Crippen LogP contribution < -0.4 is 0 Å². The van der Waals surface area contributed by atoms with Crippen LogP contribution in [0.5, 0.6) is 0 Å². The second kappa shape index (κ2) is 60.0. The standard InChI is InChI=1S/C69H134O17P2/c1-8-11-12-13-14-15-16-24-29-38-45-52-68(73)86-65(57-80-67(72)51-44-37-32-31-35-42-49-62(7)10-3)59-84-88(77,78)82-55-63(70)54-81-87(75,76)83-58-64(56-79-66(71)50-43-36-28-23-19-17-21-26-33-40-47-60(4)5)85-69(74)53-46-39-30-25-20-18-22-27-34-41-48-61(6)9-2/h60-65,70H,8-59H2,1-7H3,(H,75,76)(H,77,78)/t61?,62?,63-,64-,65-/m1/s1. The minimum absolute atomic E-state index is 0.106. The predicted molar refractivity (Wildman–Crippen MR) is 354 cm³/mol. The molecule has 0 amide bonds. The minimum atomic E-state index is -4.95. The third kappa shape index (κ3) is 60.3. The maximum absolute atomic E-state index is 13.0. The molecule has 0 radical (unpaired) electrons. The smallest absolute Gasteiger partial charge is 0.462 e. The Morgan fingerprint density at radius 1 is 0.330 bits per heavy atom. The van der Waals surface area contributed by atoms with E-state index in [0.29, 0.717) is 25.7 Å². The molecule has 0 saturated carbocycles. The molecule has 19 heteroatoms. The summed E-state index contributed by atoms with van der Waals surface area (Å²) < 4.78 is 68.2. The number of esters is 4. The first-order valence-electron chi connectivity index (χ1n) is 35.9.